The van der Waals surface area contributed by atoms with E-state index < -0.39 is 5.41 Å². The summed E-state index contributed by atoms with van der Waals surface area (Å²) in [7, 11) is 0. The Balaban J connectivity index is 0.00000361. The van der Waals surface area contributed by atoms with E-state index in [0.29, 0.717) is 6.54 Å². The van der Waals surface area contributed by atoms with Crippen LogP contribution in [0, 0.1) is 0 Å². The summed E-state index contributed by atoms with van der Waals surface area (Å²) in [5.41, 5.74) is 0.514. The van der Waals surface area contributed by atoms with Gasteiger partial charge in [0.1, 0.15) is 0 Å². The highest BCUT2D eigenvalue weighted by molar-refractivity contribution is 9.10. The highest BCUT2D eigenvalue weighted by atomic mass is 79.9. The van der Waals surface area contributed by atoms with Gasteiger partial charge in [0.2, 0.25) is 5.91 Å². The van der Waals surface area contributed by atoms with Crippen LogP contribution in [0.25, 0.3) is 0 Å². The monoisotopic (exact) mass is 362 g/mol. The Morgan fingerprint density at radius 1 is 1.15 bits per heavy atom. The normalized spacial score (nSPS) is 10.8. The molecule has 0 fully saturated rings. The molecule has 0 atom stereocenters. The lowest BCUT2D eigenvalue weighted by molar-refractivity contribution is -0.125. The van der Waals surface area contributed by atoms with Crippen LogP contribution >= 0.6 is 28.3 Å². The van der Waals surface area contributed by atoms with Gasteiger partial charge in [0, 0.05) is 17.6 Å². The molecule has 0 saturated heterocycles. The van der Waals surface area contributed by atoms with Gasteiger partial charge in [-0.2, -0.15) is 0 Å². The molecule has 0 aliphatic rings. The molecule has 0 saturated carbocycles. The first kappa shape index (κ1) is 19.4. The third-order valence-electron chi connectivity index (χ3n) is 3.15. The molecule has 3 nitrogen and oxygen atoms in total. The summed E-state index contributed by atoms with van der Waals surface area (Å²) in [6, 6.07) is 7.90. The number of hydrogen-bond acceptors (Lipinski definition) is 2. The lowest BCUT2D eigenvalue weighted by Crippen LogP contribution is -2.42. The molecule has 0 bridgehead atoms. The summed E-state index contributed by atoms with van der Waals surface area (Å²) in [5.74, 6) is 0.0631. The second-order valence-corrected chi connectivity index (χ2v) is 6.05. The lowest BCUT2D eigenvalue weighted by Gasteiger charge is -2.24. The molecule has 0 aliphatic carbocycles. The van der Waals surface area contributed by atoms with Crippen LogP contribution in [-0.4, -0.2) is 25.5 Å². The molecule has 0 unspecified atom stereocenters. The van der Waals surface area contributed by atoms with Gasteiger partial charge in [-0.25, -0.2) is 0 Å². The number of hydrogen-bond donors (Lipinski definition) is 2. The Morgan fingerprint density at radius 3 is 2.30 bits per heavy atom. The molecule has 114 valence electrons. The Labute approximate surface area is 136 Å². The second-order valence-electron chi connectivity index (χ2n) is 5.14. The zero-order chi connectivity index (χ0) is 14.3. The van der Waals surface area contributed by atoms with Crippen molar-refractivity contribution in [2.24, 2.45) is 0 Å². The first-order chi connectivity index (χ1) is 8.98. The Hall–Kier alpha value is -0.580. The topological polar surface area (TPSA) is 41.1 Å². The van der Waals surface area contributed by atoms with E-state index in [2.05, 4.69) is 33.5 Å². The van der Waals surface area contributed by atoms with E-state index in [1.165, 1.54) is 0 Å². The van der Waals surface area contributed by atoms with E-state index in [4.69, 9.17) is 0 Å². The van der Waals surface area contributed by atoms with Crippen LogP contribution in [0.15, 0.2) is 28.7 Å². The molecule has 0 aliphatic heterocycles. The SMILES string of the molecule is CCCNCCNC(=O)C(C)(C)c1ccc(Br)cc1.Cl. The van der Waals surface area contributed by atoms with E-state index >= 15 is 0 Å². The predicted molar refractivity (Wildman–Crippen MR) is 90.6 cm³/mol. The second kappa shape index (κ2) is 9.37. The average molecular weight is 364 g/mol. The van der Waals surface area contributed by atoms with Crippen LogP contribution in [0.3, 0.4) is 0 Å². The Bertz CT molecular complexity index is 407. The number of halogens is 2. The third-order valence-corrected chi connectivity index (χ3v) is 3.68. The summed E-state index contributed by atoms with van der Waals surface area (Å²) in [5, 5.41) is 6.25. The van der Waals surface area contributed by atoms with E-state index in [-0.39, 0.29) is 18.3 Å². The van der Waals surface area contributed by atoms with Gasteiger partial charge in [0.25, 0.3) is 0 Å². The molecule has 1 aromatic carbocycles. The fraction of sp³-hybridized carbons (Fsp3) is 0.533. The van der Waals surface area contributed by atoms with Gasteiger partial charge in [-0.3, -0.25) is 4.79 Å². The van der Waals surface area contributed by atoms with Crippen molar-refractivity contribution >= 4 is 34.2 Å². The van der Waals surface area contributed by atoms with Crippen LogP contribution in [0.2, 0.25) is 0 Å². The fourth-order valence-corrected chi connectivity index (χ4v) is 2.05. The van der Waals surface area contributed by atoms with Crippen molar-refractivity contribution in [2.75, 3.05) is 19.6 Å². The highest BCUT2D eigenvalue weighted by Gasteiger charge is 2.29. The number of amides is 1. The van der Waals surface area contributed by atoms with Gasteiger partial charge in [-0.05, 0) is 44.5 Å². The van der Waals surface area contributed by atoms with Gasteiger partial charge in [0.15, 0.2) is 0 Å². The Morgan fingerprint density at radius 2 is 1.75 bits per heavy atom. The van der Waals surface area contributed by atoms with Crippen molar-refractivity contribution in [1.82, 2.24) is 10.6 Å². The first-order valence-electron chi connectivity index (χ1n) is 6.73. The molecule has 1 amide bonds. The molecule has 0 spiro atoms. The first-order valence-corrected chi connectivity index (χ1v) is 7.53. The van der Waals surface area contributed by atoms with E-state index in [1.807, 2.05) is 38.1 Å². The summed E-state index contributed by atoms with van der Waals surface area (Å²) in [4.78, 5) is 12.2. The maximum atomic E-state index is 12.2. The summed E-state index contributed by atoms with van der Waals surface area (Å²) < 4.78 is 1.02. The maximum absolute atomic E-state index is 12.2. The minimum atomic E-state index is -0.508. The van der Waals surface area contributed by atoms with Crippen molar-refractivity contribution < 1.29 is 4.79 Å². The lowest BCUT2D eigenvalue weighted by atomic mass is 9.84. The predicted octanol–water partition coefficient (Wildman–Crippen LogP) is 3.26. The van der Waals surface area contributed by atoms with Crippen molar-refractivity contribution in [3.8, 4) is 0 Å². The van der Waals surface area contributed by atoms with Crippen LogP contribution in [0.5, 0.6) is 0 Å². The van der Waals surface area contributed by atoms with Crippen LogP contribution in [0.1, 0.15) is 32.8 Å². The molecular formula is C15H24BrClN2O. The van der Waals surface area contributed by atoms with Crippen molar-refractivity contribution in [1.29, 1.82) is 0 Å². The van der Waals surface area contributed by atoms with Gasteiger partial charge in [-0.1, -0.05) is 35.0 Å². The molecule has 5 heteroatoms. The fourth-order valence-electron chi connectivity index (χ4n) is 1.78. The molecule has 0 heterocycles. The number of nitrogens with one attached hydrogen (secondary N) is 2. The average Bonchev–Trinajstić information content (AvgIpc) is 2.38. The van der Waals surface area contributed by atoms with Gasteiger partial charge >= 0.3 is 0 Å². The summed E-state index contributed by atoms with van der Waals surface area (Å²) in [6.45, 7) is 8.50. The number of benzene rings is 1. The largest absolute Gasteiger partial charge is 0.354 e. The highest BCUT2D eigenvalue weighted by Crippen LogP contribution is 2.24. The maximum Gasteiger partial charge on any atom is 0.230 e. The molecule has 2 N–H and O–H groups in total. The van der Waals surface area contributed by atoms with Gasteiger partial charge < -0.3 is 10.6 Å². The molecule has 20 heavy (non-hydrogen) atoms. The standard InChI is InChI=1S/C15H23BrN2O.ClH/c1-4-9-17-10-11-18-14(19)15(2,3)12-5-7-13(16)8-6-12;/h5-8,17H,4,9-11H2,1-3H3,(H,18,19);1H. The van der Waals surface area contributed by atoms with Crippen molar-refractivity contribution in [3.05, 3.63) is 34.3 Å². The quantitative estimate of drug-likeness (QED) is 0.730. The van der Waals surface area contributed by atoms with Crippen LogP contribution in [0.4, 0.5) is 0 Å². The van der Waals surface area contributed by atoms with Crippen LogP contribution < -0.4 is 10.6 Å². The number of rotatable bonds is 7. The van der Waals surface area contributed by atoms with E-state index in [9.17, 15) is 4.79 Å². The smallest absolute Gasteiger partial charge is 0.230 e. The van der Waals surface area contributed by atoms with E-state index in [0.717, 1.165) is 29.5 Å². The Kier molecular flexibility index (Phi) is 9.10. The summed E-state index contributed by atoms with van der Waals surface area (Å²) in [6.07, 6.45) is 1.11. The zero-order valence-electron chi connectivity index (χ0n) is 12.3. The number of carbonyl (C=O) groups excluding carboxylic acids is 1. The van der Waals surface area contributed by atoms with Crippen molar-refractivity contribution in [2.45, 2.75) is 32.6 Å². The zero-order valence-corrected chi connectivity index (χ0v) is 14.7. The molecule has 0 aromatic heterocycles. The van der Waals surface area contributed by atoms with E-state index in [1.54, 1.807) is 0 Å². The van der Waals surface area contributed by atoms with Gasteiger partial charge in [-0.15, -0.1) is 12.4 Å². The minimum Gasteiger partial charge on any atom is -0.354 e. The minimum absolute atomic E-state index is 0. The van der Waals surface area contributed by atoms with Crippen LogP contribution in [-0.2, 0) is 10.2 Å². The molecule has 1 rings (SSSR count). The molecular weight excluding hydrogens is 340 g/mol. The molecule has 1 aromatic rings. The van der Waals surface area contributed by atoms with Gasteiger partial charge in [0.05, 0.1) is 5.41 Å². The number of carbonyl (C=O) groups is 1. The third kappa shape index (κ3) is 5.81. The van der Waals surface area contributed by atoms with Crippen molar-refractivity contribution in [3.63, 3.8) is 0 Å². The summed E-state index contributed by atoms with van der Waals surface area (Å²) >= 11 is 3.41. The molecule has 0 radical (unpaired) electrons.